The SMILES string of the molecule is O=C(NC(Cc1ccccc1)C(=O)NCCNC1CC1)c1ccc(Cl)cc1. The molecule has 1 fully saturated rings. The molecule has 1 unspecified atom stereocenters. The highest BCUT2D eigenvalue weighted by Crippen LogP contribution is 2.17. The van der Waals surface area contributed by atoms with E-state index in [9.17, 15) is 9.59 Å². The Bertz CT molecular complexity index is 761. The quantitative estimate of drug-likeness (QED) is 0.581. The second kappa shape index (κ2) is 9.53. The van der Waals surface area contributed by atoms with Crippen LogP contribution in [0.15, 0.2) is 54.6 Å². The molecule has 2 aromatic carbocycles. The molecule has 27 heavy (non-hydrogen) atoms. The van der Waals surface area contributed by atoms with Gasteiger partial charge in [0.15, 0.2) is 0 Å². The fraction of sp³-hybridized carbons (Fsp3) is 0.333. The number of carbonyl (C=O) groups is 2. The van der Waals surface area contributed by atoms with E-state index in [-0.39, 0.29) is 11.8 Å². The van der Waals surface area contributed by atoms with Crippen LogP contribution in [0, 0.1) is 0 Å². The van der Waals surface area contributed by atoms with Crippen molar-refractivity contribution in [3.05, 3.63) is 70.7 Å². The van der Waals surface area contributed by atoms with E-state index in [0.29, 0.717) is 29.6 Å². The molecule has 1 aliphatic rings. The summed E-state index contributed by atoms with van der Waals surface area (Å²) in [6, 6.07) is 16.2. The van der Waals surface area contributed by atoms with Crippen molar-refractivity contribution in [1.29, 1.82) is 0 Å². The minimum absolute atomic E-state index is 0.182. The molecule has 0 spiro atoms. The molecule has 6 heteroatoms. The maximum Gasteiger partial charge on any atom is 0.251 e. The zero-order valence-corrected chi connectivity index (χ0v) is 15.8. The topological polar surface area (TPSA) is 70.2 Å². The van der Waals surface area contributed by atoms with Gasteiger partial charge >= 0.3 is 0 Å². The molecule has 0 bridgehead atoms. The molecule has 1 atom stereocenters. The smallest absolute Gasteiger partial charge is 0.251 e. The van der Waals surface area contributed by atoms with Crippen LogP contribution in [-0.4, -0.2) is 37.0 Å². The molecule has 142 valence electrons. The molecule has 1 saturated carbocycles. The van der Waals surface area contributed by atoms with Crippen molar-refractivity contribution < 1.29 is 9.59 Å². The predicted molar refractivity (Wildman–Crippen MR) is 107 cm³/mol. The van der Waals surface area contributed by atoms with Crippen molar-refractivity contribution in [3.63, 3.8) is 0 Å². The Morgan fingerprint density at radius 1 is 1.00 bits per heavy atom. The van der Waals surface area contributed by atoms with E-state index in [2.05, 4.69) is 16.0 Å². The zero-order chi connectivity index (χ0) is 19.1. The zero-order valence-electron chi connectivity index (χ0n) is 15.1. The molecule has 1 aliphatic carbocycles. The lowest BCUT2D eigenvalue weighted by atomic mass is 10.0. The minimum atomic E-state index is -0.642. The average Bonchev–Trinajstić information content (AvgIpc) is 3.50. The Morgan fingerprint density at radius 2 is 1.70 bits per heavy atom. The highest BCUT2D eigenvalue weighted by molar-refractivity contribution is 6.30. The third-order valence-electron chi connectivity index (χ3n) is 4.45. The first-order valence-electron chi connectivity index (χ1n) is 9.23. The fourth-order valence-corrected chi connectivity index (χ4v) is 2.90. The number of halogens is 1. The summed E-state index contributed by atoms with van der Waals surface area (Å²) in [6.07, 6.45) is 2.85. The van der Waals surface area contributed by atoms with E-state index in [1.165, 1.54) is 12.8 Å². The van der Waals surface area contributed by atoms with Gasteiger partial charge in [-0.05, 0) is 42.7 Å². The number of nitrogens with one attached hydrogen (secondary N) is 3. The molecule has 2 amide bonds. The Labute approximate surface area is 164 Å². The molecule has 3 N–H and O–H groups in total. The number of amides is 2. The van der Waals surface area contributed by atoms with Gasteiger partial charge in [0, 0.05) is 36.1 Å². The average molecular weight is 386 g/mol. The number of hydrogen-bond acceptors (Lipinski definition) is 3. The van der Waals surface area contributed by atoms with Gasteiger partial charge in [0.2, 0.25) is 5.91 Å². The maximum atomic E-state index is 12.7. The summed E-state index contributed by atoms with van der Waals surface area (Å²) in [7, 11) is 0. The standard InChI is InChI=1S/C21H24ClN3O2/c22-17-8-6-16(7-9-17)20(26)25-19(14-15-4-2-1-3-5-15)21(27)24-13-12-23-18-10-11-18/h1-9,18-19,23H,10-14H2,(H,24,27)(H,25,26). The largest absolute Gasteiger partial charge is 0.353 e. The molecular formula is C21H24ClN3O2. The summed E-state index contributed by atoms with van der Waals surface area (Å²) in [5.74, 6) is -0.474. The van der Waals surface area contributed by atoms with Crippen LogP contribution < -0.4 is 16.0 Å². The molecule has 0 saturated heterocycles. The molecule has 5 nitrogen and oxygen atoms in total. The van der Waals surface area contributed by atoms with Crippen LogP contribution in [0.5, 0.6) is 0 Å². The second-order valence-electron chi connectivity index (χ2n) is 6.74. The van der Waals surface area contributed by atoms with Crippen LogP contribution in [0.4, 0.5) is 0 Å². The molecular weight excluding hydrogens is 362 g/mol. The summed E-state index contributed by atoms with van der Waals surface area (Å²) in [4.78, 5) is 25.2. The lowest BCUT2D eigenvalue weighted by molar-refractivity contribution is -0.122. The Hall–Kier alpha value is -2.37. The number of hydrogen-bond donors (Lipinski definition) is 3. The molecule has 2 aromatic rings. The Kier molecular flexibility index (Phi) is 6.85. The van der Waals surface area contributed by atoms with Crippen LogP contribution in [0.1, 0.15) is 28.8 Å². The van der Waals surface area contributed by atoms with Crippen LogP contribution in [-0.2, 0) is 11.2 Å². The molecule has 0 radical (unpaired) electrons. The van der Waals surface area contributed by atoms with Gasteiger partial charge in [-0.15, -0.1) is 0 Å². The highest BCUT2D eigenvalue weighted by Gasteiger charge is 2.23. The second-order valence-corrected chi connectivity index (χ2v) is 7.18. The van der Waals surface area contributed by atoms with E-state index in [4.69, 9.17) is 11.6 Å². The lowest BCUT2D eigenvalue weighted by Crippen LogP contribution is -2.49. The molecule has 3 rings (SSSR count). The normalized spacial score (nSPS) is 14.4. The van der Waals surface area contributed by atoms with Gasteiger partial charge in [0.05, 0.1) is 0 Å². The van der Waals surface area contributed by atoms with Gasteiger partial charge in [-0.25, -0.2) is 0 Å². The van der Waals surface area contributed by atoms with Gasteiger partial charge < -0.3 is 16.0 Å². The van der Waals surface area contributed by atoms with Gasteiger partial charge in [-0.3, -0.25) is 9.59 Å². The van der Waals surface area contributed by atoms with Crippen LogP contribution in [0.2, 0.25) is 5.02 Å². The van der Waals surface area contributed by atoms with E-state index in [1.54, 1.807) is 24.3 Å². The first-order valence-corrected chi connectivity index (χ1v) is 9.61. The number of rotatable bonds is 9. The third-order valence-corrected chi connectivity index (χ3v) is 4.70. The van der Waals surface area contributed by atoms with Crippen molar-refractivity contribution in [2.45, 2.75) is 31.3 Å². The highest BCUT2D eigenvalue weighted by atomic mass is 35.5. The Balaban J connectivity index is 1.61. The van der Waals surface area contributed by atoms with E-state index in [0.717, 1.165) is 12.1 Å². The van der Waals surface area contributed by atoms with Gasteiger partial charge in [-0.2, -0.15) is 0 Å². The van der Waals surface area contributed by atoms with Crippen molar-refractivity contribution in [2.24, 2.45) is 0 Å². The summed E-state index contributed by atoms with van der Waals surface area (Å²) in [5, 5.41) is 9.68. The van der Waals surface area contributed by atoms with Crippen LogP contribution in [0.25, 0.3) is 0 Å². The summed E-state index contributed by atoms with van der Waals surface area (Å²) in [5.41, 5.74) is 1.46. The van der Waals surface area contributed by atoms with Gasteiger partial charge in [0.1, 0.15) is 6.04 Å². The fourth-order valence-electron chi connectivity index (χ4n) is 2.77. The summed E-state index contributed by atoms with van der Waals surface area (Å²) < 4.78 is 0. The first-order chi connectivity index (χ1) is 13.1. The minimum Gasteiger partial charge on any atom is -0.353 e. The summed E-state index contributed by atoms with van der Waals surface area (Å²) >= 11 is 5.88. The first kappa shape index (κ1) is 19.4. The van der Waals surface area contributed by atoms with Crippen LogP contribution in [0.3, 0.4) is 0 Å². The number of carbonyl (C=O) groups excluding carboxylic acids is 2. The number of benzene rings is 2. The van der Waals surface area contributed by atoms with Crippen molar-refractivity contribution >= 4 is 23.4 Å². The molecule has 0 aromatic heterocycles. The van der Waals surface area contributed by atoms with Gasteiger partial charge in [-0.1, -0.05) is 41.9 Å². The Morgan fingerprint density at radius 3 is 2.37 bits per heavy atom. The van der Waals surface area contributed by atoms with E-state index < -0.39 is 6.04 Å². The van der Waals surface area contributed by atoms with E-state index in [1.807, 2.05) is 30.3 Å². The molecule has 0 aliphatic heterocycles. The van der Waals surface area contributed by atoms with Crippen LogP contribution >= 0.6 is 11.6 Å². The third kappa shape index (κ3) is 6.38. The lowest BCUT2D eigenvalue weighted by Gasteiger charge is -2.19. The maximum absolute atomic E-state index is 12.7. The predicted octanol–water partition coefficient (Wildman–Crippen LogP) is 2.55. The summed E-state index contributed by atoms with van der Waals surface area (Å²) in [6.45, 7) is 1.27. The van der Waals surface area contributed by atoms with Crippen molar-refractivity contribution in [2.75, 3.05) is 13.1 Å². The van der Waals surface area contributed by atoms with Crippen molar-refractivity contribution in [1.82, 2.24) is 16.0 Å². The van der Waals surface area contributed by atoms with E-state index >= 15 is 0 Å². The van der Waals surface area contributed by atoms with Crippen molar-refractivity contribution in [3.8, 4) is 0 Å². The molecule has 0 heterocycles. The monoisotopic (exact) mass is 385 g/mol. The van der Waals surface area contributed by atoms with Gasteiger partial charge in [0.25, 0.3) is 5.91 Å².